The SMILES string of the molecule is CC(C)Cc1ncc([C@@H](O)C(C)C)n(O)c1=O. The first-order valence-corrected chi connectivity index (χ1v) is 5.82. The minimum Gasteiger partial charge on any atom is -0.425 e. The predicted octanol–water partition coefficient (Wildman–Crippen LogP) is 1.37. The van der Waals surface area contributed by atoms with Crippen molar-refractivity contribution in [1.29, 1.82) is 0 Å². The van der Waals surface area contributed by atoms with Crippen LogP contribution in [0.3, 0.4) is 0 Å². The maximum atomic E-state index is 11.8. The standard InChI is InChI=1S/C12H20N2O3/c1-7(2)5-9-12(16)14(17)10(6-13-9)11(15)8(3)4/h6-8,11,15,17H,5H2,1-4H3/t11-/m0/s1. The van der Waals surface area contributed by atoms with Gasteiger partial charge in [-0.15, -0.1) is 4.73 Å². The summed E-state index contributed by atoms with van der Waals surface area (Å²) >= 11 is 0. The van der Waals surface area contributed by atoms with E-state index < -0.39 is 11.7 Å². The van der Waals surface area contributed by atoms with Crippen molar-refractivity contribution in [3.05, 3.63) is 27.9 Å². The summed E-state index contributed by atoms with van der Waals surface area (Å²) in [5.41, 5.74) is -0.0874. The molecule has 0 bridgehead atoms. The monoisotopic (exact) mass is 240 g/mol. The van der Waals surface area contributed by atoms with Crippen LogP contribution in [0.2, 0.25) is 0 Å². The lowest BCUT2D eigenvalue weighted by atomic mass is 10.0. The Morgan fingerprint density at radius 3 is 2.41 bits per heavy atom. The molecule has 1 rings (SSSR count). The van der Waals surface area contributed by atoms with Crippen LogP contribution in [0.15, 0.2) is 11.0 Å². The zero-order valence-corrected chi connectivity index (χ0v) is 10.7. The van der Waals surface area contributed by atoms with Crippen LogP contribution in [0.5, 0.6) is 0 Å². The van der Waals surface area contributed by atoms with Gasteiger partial charge in [0, 0.05) is 0 Å². The van der Waals surface area contributed by atoms with Crippen molar-refractivity contribution in [2.24, 2.45) is 11.8 Å². The maximum Gasteiger partial charge on any atom is 0.304 e. The van der Waals surface area contributed by atoms with Gasteiger partial charge in [0.15, 0.2) is 0 Å². The minimum absolute atomic E-state index is 0.0921. The molecule has 1 heterocycles. The maximum absolute atomic E-state index is 11.8. The van der Waals surface area contributed by atoms with E-state index in [-0.39, 0.29) is 17.5 Å². The molecular weight excluding hydrogens is 220 g/mol. The highest BCUT2D eigenvalue weighted by molar-refractivity contribution is 5.08. The summed E-state index contributed by atoms with van der Waals surface area (Å²) in [5, 5.41) is 19.5. The Morgan fingerprint density at radius 1 is 1.35 bits per heavy atom. The Balaban J connectivity index is 3.15. The quantitative estimate of drug-likeness (QED) is 0.779. The summed E-state index contributed by atoms with van der Waals surface area (Å²) in [6.45, 7) is 7.55. The average Bonchev–Trinajstić information content (AvgIpc) is 2.23. The Hall–Kier alpha value is -1.36. The molecule has 5 heteroatoms. The summed E-state index contributed by atoms with van der Waals surface area (Å²) in [6, 6.07) is 0. The molecule has 17 heavy (non-hydrogen) atoms. The van der Waals surface area contributed by atoms with E-state index in [2.05, 4.69) is 4.98 Å². The van der Waals surface area contributed by atoms with Crippen LogP contribution in [0.25, 0.3) is 0 Å². The molecular formula is C12H20N2O3. The van der Waals surface area contributed by atoms with Crippen molar-refractivity contribution in [3.63, 3.8) is 0 Å². The highest BCUT2D eigenvalue weighted by Crippen LogP contribution is 2.18. The van der Waals surface area contributed by atoms with Crippen LogP contribution < -0.4 is 5.56 Å². The summed E-state index contributed by atoms with van der Waals surface area (Å²) in [5.74, 6) is 0.196. The number of nitrogens with zero attached hydrogens (tertiary/aromatic N) is 2. The van der Waals surface area contributed by atoms with E-state index in [1.165, 1.54) is 6.20 Å². The van der Waals surface area contributed by atoms with Crippen molar-refractivity contribution in [2.75, 3.05) is 0 Å². The van der Waals surface area contributed by atoms with Gasteiger partial charge in [0.1, 0.15) is 17.5 Å². The Morgan fingerprint density at radius 2 is 1.94 bits per heavy atom. The van der Waals surface area contributed by atoms with Gasteiger partial charge in [-0.3, -0.25) is 9.78 Å². The molecule has 1 aromatic rings. The smallest absolute Gasteiger partial charge is 0.304 e. The van der Waals surface area contributed by atoms with Gasteiger partial charge < -0.3 is 10.3 Å². The molecule has 0 aliphatic carbocycles. The number of hydrogen-bond donors (Lipinski definition) is 2. The highest BCUT2D eigenvalue weighted by atomic mass is 16.5. The molecule has 0 amide bonds. The van der Waals surface area contributed by atoms with Crippen LogP contribution in [-0.2, 0) is 6.42 Å². The normalized spacial score (nSPS) is 13.4. The first-order chi connectivity index (χ1) is 7.84. The first-order valence-electron chi connectivity index (χ1n) is 5.82. The van der Waals surface area contributed by atoms with Crippen LogP contribution in [0.1, 0.15) is 45.2 Å². The third kappa shape index (κ3) is 3.06. The van der Waals surface area contributed by atoms with Gasteiger partial charge in [0.05, 0.1) is 6.20 Å². The topological polar surface area (TPSA) is 75.3 Å². The molecule has 0 saturated carbocycles. The molecule has 0 saturated heterocycles. The minimum atomic E-state index is -0.895. The summed E-state index contributed by atoms with van der Waals surface area (Å²) < 4.78 is 0.509. The lowest BCUT2D eigenvalue weighted by Gasteiger charge is -2.16. The largest absolute Gasteiger partial charge is 0.425 e. The second kappa shape index (κ2) is 5.31. The summed E-state index contributed by atoms with van der Waals surface area (Å²) in [6.07, 6.45) is 0.981. The van der Waals surface area contributed by atoms with Crippen LogP contribution >= 0.6 is 0 Å². The van der Waals surface area contributed by atoms with Crippen LogP contribution in [-0.4, -0.2) is 20.0 Å². The number of rotatable bonds is 4. The van der Waals surface area contributed by atoms with Crippen molar-refractivity contribution >= 4 is 0 Å². The van der Waals surface area contributed by atoms with E-state index in [9.17, 15) is 15.1 Å². The van der Waals surface area contributed by atoms with E-state index in [1.807, 2.05) is 13.8 Å². The zero-order valence-electron chi connectivity index (χ0n) is 10.7. The molecule has 1 aromatic heterocycles. The third-order valence-electron chi connectivity index (χ3n) is 2.57. The van der Waals surface area contributed by atoms with Gasteiger partial charge in [0.25, 0.3) is 0 Å². The third-order valence-corrected chi connectivity index (χ3v) is 2.57. The van der Waals surface area contributed by atoms with Crippen LogP contribution in [0.4, 0.5) is 0 Å². The summed E-state index contributed by atoms with van der Waals surface area (Å²) in [4.78, 5) is 15.8. The molecule has 0 fully saturated rings. The van der Waals surface area contributed by atoms with Crippen LogP contribution in [0, 0.1) is 11.8 Å². The molecule has 2 N–H and O–H groups in total. The fourth-order valence-electron chi connectivity index (χ4n) is 1.56. The molecule has 0 spiro atoms. The predicted molar refractivity (Wildman–Crippen MR) is 64.0 cm³/mol. The first kappa shape index (κ1) is 13.7. The molecule has 0 aliphatic rings. The lowest BCUT2D eigenvalue weighted by molar-refractivity contribution is 0.0767. The van der Waals surface area contributed by atoms with Crippen molar-refractivity contribution in [3.8, 4) is 0 Å². The van der Waals surface area contributed by atoms with Gasteiger partial charge in [-0.2, -0.15) is 0 Å². The molecule has 0 aromatic carbocycles. The molecule has 96 valence electrons. The van der Waals surface area contributed by atoms with Crippen molar-refractivity contribution < 1.29 is 10.3 Å². The molecule has 0 aliphatic heterocycles. The van der Waals surface area contributed by atoms with Gasteiger partial charge in [-0.05, 0) is 18.3 Å². The van der Waals surface area contributed by atoms with Gasteiger partial charge in [0.2, 0.25) is 0 Å². The molecule has 0 unspecified atom stereocenters. The Bertz CT molecular complexity index is 438. The molecule has 0 radical (unpaired) electrons. The average molecular weight is 240 g/mol. The Kier molecular flexibility index (Phi) is 4.28. The number of hydrogen-bond acceptors (Lipinski definition) is 4. The van der Waals surface area contributed by atoms with Gasteiger partial charge in [-0.1, -0.05) is 27.7 Å². The number of aliphatic hydroxyl groups excluding tert-OH is 1. The van der Waals surface area contributed by atoms with E-state index in [0.29, 0.717) is 16.8 Å². The molecule has 1 atom stereocenters. The Labute approximate surface area is 101 Å². The van der Waals surface area contributed by atoms with E-state index >= 15 is 0 Å². The van der Waals surface area contributed by atoms with Gasteiger partial charge >= 0.3 is 5.56 Å². The fraction of sp³-hybridized carbons (Fsp3) is 0.667. The zero-order chi connectivity index (χ0) is 13.2. The second-order valence-electron chi connectivity index (χ2n) is 5.03. The highest BCUT2D eigenvalue weighted by Gasteiger charge is 2.19. The molecule has 5 nitrogen and oxygen atoms in total. The van der Waals surface area contributed by atoms with E-state index in [0.717, 1.165) is 0 Å². The van der Waals surface area contributed by atoms with Crippen molar-refractivity contribution in [2.45, 2.75) is 40.2 Å². The van der Waals surface area contributed by atoms with E-state index in [1.54, 1.807) is 13.8 Å². The van der Waals surface area contributed by atoms with Crippen molar-refractivity contribution in [1.82, 2.24) is 9.71 Å². The number of aromatic nitrogens is 2. The van der Waals surface area contributed by atoms with Gasteiger partial charge in [-0.25, -0.2) is 0 Å². The summed E-state index contributed by atoms with van der Waals surface area (Å²) in [7, 11) is 0. The fourth-order valence-corrected chi connectivity index (χ4v) is 1.56. The lowest BCUT2D eigenvalue weighted by Crippen LogP contribution is -2.29. The second-order valence-corrected chi connectivity index (χ2v) is 5.03. The van der Waals surface area contributed by atoms with E-state index in [4.69, 9.17) is 0 Å². The number of aliphatic hydroxyl groups is 1.